The number of anilines is 1. The minimum atomic E-state index is -1.43. The zero-order valence-electron chi connectivity index (χ0n) is 7.23. The van der Waals surface area contributed by atoms with Crippen LogP contribution in [0, 0.1) is 5.92 Å². The van der Waals surface area contributed by atoms with Crippen LogP contribution in [-0.2, 0) is 9.59 Å². The van der Waals surface area contributed by atoms with Crippen molar-refractivity contribution in [2.75, 3.05) is 11.9 Å². The minimum Gasteiger partial charge on any atom is -0.481 e. The molecule has 1 rings (SSSR count). The third kappa shape index (κ3) is 2.51. The van der Waals surface area contributed by atoms with Gasteiger partial charge in [-0.25, -0.2) is 0 Å². The SMILES string of the molecule is O=C(O)C(CNc1ccc[nH]1)C(=O)O. The fourth-order valence-electron chi connectivity index (χ4n) is 0.933. The lowest BCUT2D eigenvalue weighted by Crippen LogP contribution is -2.30. The highest BCUT2D eigenvalue weighted by molar-refractivity contribution is 5.93. The quantitative estimate of drug-likeness (QED) is 0.506. The third-order valence-electron chi connectivity index (χ3n) is 1.69. The number of hydrogen-bond acceptors (Lipinski definition) is 3. The fourth-order valence-corrected chi connectivity index (χ4v) is 0.933. The molecule has 1 heterocycles. The molecular weight excluding hydrogens is 188 g/mol. The van der Waals surface area contributed by atoms with Crippen molar-refractivity contribution in [3.63, 3.8) is 0 Å². The van der Waals surface area contributed by atoms with Crippen LogP contribution in [0.15, 0.2) is 18.3 Å². The predicted molar refractivity (Wildman–Crippen MR) is 48.0 cm³/mol. The average Bonchev–Trinajstić information content (AvgIpc) is 2.55. The largest absolute Gasteiger partial charge is 0.481 e. The number of aromatic amines is 1. The molecule has 0 aliphatic carbocycles. The topological polar surface area (TPSA) is 102 Å². The number of carboxylic acids is 2. The maximum absolute atomic E-state index is 10.5. The lowest BCUT2D eigenvalue weighted by atomic mass is 10.1. The number of aliphatic carboxylic acids is 2. The summed E-state index contributed by atoms with van der Waals surface area (Å²) >= 11 is 0. The molecule has 6 heteroatoms. The summed E-state index contributed by atoms with van der Waals surface area (Å²) in [5, 5.41) is 19.8. The third-order valence-corrected chi connectivity index (χ3v) is 1.69. The van der Waals surface area contributed by atoms with Crippen LogP contribution < -0.4 is 5.32 Å². The summed E-state index contributed by atoms with van der Waals surface area (Å²) < 4.78 is 0. The number of carboxylic acid groups (broad SMARTS) is 2. The van der Waals surface area contributed by atoms with Crippen molar-refractivity contribution in [3.05, 3.63) is 18.3 Å². The van der Waals surface area contributed by atoms with E-state index in [1.807, 2.05) is 0 Å². The first-order chi connectivity index (χ1) is 6.61. The van der Waals surface area contributed by atoms with Crippen LogP contribution in [0.3, 0.4) is 0 Å². The van der Waals surface area contributed by atoms with Gasteiger partial charge in [-0.3, -0.25) is 9.59 Å². The molecule has 0 fully saturated rings. The highest BCUT2D eigenvalue weighted by Crippen LogP contribution is 2.04. The van der Waals surface area contributed by atoms with Crippen molar-refractivity contribution in [3.8, 4) is 0 Å². The van der Waals surface area contributed by atoms with Gasteiger partial charge in [0, 0.05) is 12.7 Å². The van der Waals surface area contributed by atoms with E-state index in [-0.39, 0.29) is 6.54 Å². The van der Waals surface area contributed by atoms with Crippen molar-refractivity contribution in [1.82, 2.24) is 4.98 Å². The molecular formula is C8H10N2O4. The van der Waals surface area contributed by atoms with Crippen molar-refractivity contribution >= 4 is 17.8 Å². The molecule has 1 aromatic heterocycles. The van der Waals surface area contributed by atoms with Crippen LogP contribution in [0.25, 0.3) is 0 Å². The summed E-state index contributed by atoms with van der Waals surface area (Å²) in [5.41, 5.74) is 0. The van der Waals surface area contributed by atoms with Gasteiger partial charge in [0.25, 0.3) is 0 Å². The molecule has 6 nitrogen and oxygen atoms in total. The van der Waals surface area contributed by atoms with Gasteiger partial charge in [0.1, 0.15) is 5.82 Å². The Kier molecular flexibility index (Phi) is 3.11. The fraction of sp³-hybridized carbons (Fsp3) is 0.250. The molecule has 0 amide bonds. The summed E-state index contributed by atoms with van der Waals surface area (Å²) in [6, 6.07) is 3.40. The normalized spacial score (nSPS) is 10.1. The molecule has 0 spiro atoms. The predicted octanol–water partition coefficient (Wildman–Crippen LogP) is 0.212. The number of hydrogen-bond donors (Lipinski definition) is 4. The molecule has 14 heavy (non-hydrogen) atoms. The Morgan fingerprint density at radius 2 is 2.07 bits per heavy atom. The van der Waals surface area contributed by atoms with E-state index in [9.17, 15) is 9.59 Å². The number of nitrogens with one attached hydrogen (secondary N) is 2. The first-order valence-electron chi connectivity index (χ1n) is 3.94. The van der Waals surface area contributed by atoms with Crippen LogP contribution in [0.2, 0.25) is 0 Å². The smallest absolute Gasteiger partial charge is 0.319 e. The Morgan fingerprint density at radius 3 is 2.50 bits per heavy atom. The molecule has 0 radical (unpaired) electrons. The van der Waals surface area contributed by atoms with Gasteiger partial charge in [-0.2, -0.15) is 0 Å². The number of carbonyl (C=O) groups is 2. The molecule has 0 bridgehead atoms. The summed E-state index contributed by atoms with van der Waals surface area (Å²) in [4.78, 5) is 23.7. The molecule has 0 saturated heterocycles. The van der Waals surface area contributed by atoms with E-state index >= 15 is 0 Å². The maximum Gasteiger partial charge on any atom is 0.319 e. The van der Waals surface area contributed by atoms with Crippen LogP contribution >= 0.6 is 0 Å². The van der Waals surface area contributed by atoms with Gasteiger partial charge < -0.3 is 20.5 Å². The van der Waals surface area contributed by atoms with Crippen LogP contribution in [0.5, 0.6) is 0 Å². The first kappa shape index (κ1) is 10.1. The zero-order chi connectivity index (χ0) is 10.6. The monoisotopic (exact) mass is 198 g/mol. The Balaban J connectivity index is 2.49. The van der Waals surface area contributed by atoms with E-state index in [0.29, 0.717) is 5.82 Å². The summed E-state index contributed by atoms with van der Waals surface area (Å²) in [5.74, 6) is -3.54. The Hall–Kier alpha value is -1.98. The molecule has 0 atom stereocenters. The second kappa shape index (κ2) is 4.31. The van der Waals surface area contributed by atoms with Crippen molar-refractivity contribution in [2.45, 2.75) is 0 Å². The first-order valence-corrected chi connectivity index (χ1v) is 3.94. The molecule has 0 aliphatic rings. The molecule has 0 aromatic carbocycles. The number of H-pyrrole nitrogens is 1. The molecule has 0 saturated carbocycles. The maximum atomic E-state index is 10.5. The van der Waals surface area contributed by atoms with E-state index < -0.39 is 17.9 Å². The van der Waals surface area contributed by atoms with Gasteiger partial charge in [-0.15, -0.1) is 0 Å². The average molecular weight is 198 g/mol. The van der Waals surface area contributed by atoms with E-state index in [0.717, 1.165) is 0 Å². The van der Waals surface area contributed by atoms with Gasteiger partial charge >= 0.3 is 11.9 Å². The lowest BCUT2D eigenvalue weighted by Gasteiger charge is -2.08. The van der Waals surface area contributed by atoms with Crippen molar-refractivity contribution in [2.24, 2.45) is 5.92 Å². The molecule has 4 N–H and O–H groups in total. The van der Waals surface area contributed by atoms with Crippen LogP contribution in [-0.4, -0.2) is 33.7 Å². The standard InChI is InChI=1S/C8H10N2O4/c11-7(12)5(8(13)14)4-10-6-2-1-3-9-6/h1-3,5,9-10H,4H2,(H,11,12)(H,13,14). The van der Waals surface area contributed by atoms with Crippen molar-refractivity contribution < 1.29 is 19.8 Å². The molecule has 0 aliphatic heterocycles. The van der Waals surface area contributed by atoms with E-state index in [1.165, 1.54) is 0 Å². The van der Waals surface area contributed by atoms with Gasteiger partial charge in [0.15, 0.2) is 5.92 Å². The van der Waals surface area contributed by atoms with Gasteiger partial charge in [0.2, 0.25) is 0 Å². The highest BCUT2D eigenvalue weighted by Gasteiger charge is 2.25. The summed E-state index contributed by atoms with van der Waals surface area (Å²) in [6.07, 6.45) is 1.65. The Morgan fingerprint density at radius 1 is 1.43 bits per heavy atom. The van der Waals surface area contributed by atoms with Gasteiger partial charge in [-0.1, -0.05) is 0 Å². The number of aromatic nitrogens is 1. The molecule has 1 aromatic rings. The van der Waals surface area contributed by atoms with Gasteiger partial charge in [0.05, 0.1) is 0 Å². The van der Waals surface area contributed by atoms with Crippen molar-refractivity contribution in [1.29, 1.82) is 0 Å². The molecule has 0 unspecified atom stereocenters. The highest BCUT2D eigenvalue weighted by atomic mass is 16.4. The zero-order valence-corrected chi connectivity index (χ0v) is 7.23. The second-order valence-electron chi connectivity index (χ2n) is 2.69. The minimum absolute atomic E-state index is 0.148. The van der Waals surface area contributed by atoms with Crippen LogP contribution in [0.4, 0.5) is 5.82 Å². The second-order valence-corrected chi connectivity index (χ2v) is 2.69. The molecule has 76 valence electrons. The van der Waals surface area contributed by atoms with E-state index in [1.54, 1.807) is 18.3 Å². The van der Waals surface area contributed by atoms with Crippen LogP contribution in [0.1, 0.15) is 0 Å². The van der Waals surface area contributed by atoms with E-state index in [4.69, 9.17) is 10.2 Å². The number of rotatable bonds is 5. The Bertz CT molecular complexity index is 306. The van der Waals surface area contributed by atoms with E-state index in [2.05, 4.69) is 10.3 Å². The summed E-state index contributed by atoms with van der Waals surface area (Å²) in [6.45, 7) is -0.148. The Labute approximate surface area is 79.6 Å². The summed E-state index contributed by atoms with van der Waals surface area (Å²) in [7, 11) is 0. The van der Waals surface area contributed by atoms with Gasteiger partial charge in [-0.05, 0) is 12.1 Å². The lowest BCUT2D eigenvalue weighted by molar-refractivity contribution is -0.153.